The predicted molar refractivity (Wildman–Crippen MR) is 140 cm³/mol. The highest BCUT2D eigenvalue weighted by Gasteiger charge is 2.31. The molecule has 37 heavy (non-hydrogen) atoms. The Morgan fingerprint density at radius 3 is 2.38 bits per heavy atom. The Hall–Kier alpha value is -3.96. The van der Waals surface area contributed by atoms with Crippen molar-refractivity contribution in [3.05, 3.63) is 71.6 Å². The third-order valence-corrected chi connectivity index (χ3v) is 4.65. The second kappa shape index (κ2) is 15.2. The molecule has 3 aromatic rings. The summed E-state index contributed by atoms with van der Waals surface area (Å²) in [6.45, 7) is 5.39. The number of aliphatic hydroxyl groups is 1. The summed E-state index contributed by atoms with van der Waals surface area (Å²) in [5.41, 5.74) is 4.43. The van der Waals surface area contributed by atoms with Gasteiger partial charge in [-0.05, 0) is 60.5 Å². The van der Waals surface area contributed by atoms with E-state index in [1.165, 1.54) is 28.5 Å². The molecular weight excluding hydrogens is 487 g/mol. The first kappa shape index (κ1) is 31.1. The number of halogens is 3. The Bertz CT molecular complexity index is 1200. The van der Waals surface area contributed by atoms with Crippen molar-refractivity contribution in [2.45, 2.75) is 33.6 Å². The van der Waals surface area contributed by atoms with Crippen LogP contribution in [-0.4, -0.2) is 39.3 Å². The first-order valence-corrected chi connectivity index (χ1v) is 11.3. The number of hydrogen-bond acceptors (Lipinski definition) is 6. The molecule has 0 aliphatic carbocycles. The first-order chi connectivity index (χ1) is 17.6. The van der Waals surface area contributed by atoms with E-state index >= 15 is 0 Å². The normalized spacial score (nSPS) is 11.0. The fraction of sp³-hybridized carbons (Fsp3) is 0.269. The molecule has 200 valence electrons. The van der Waals surface area contributed by atoms with Crippen LogP contribution in [0.25, 0.3) is 17.2 Å². The Labute approximate surface area is 214 Å². The van der Waals surface area contributed by atoms with E-state index < -0.39 is 24.3 Å². The molecule has 1 aromatic heterocycles. The summed E-state index contributed by atoms with van der Waals surface area (Å²) in [7, 11) is 3.50. The number of amides is 1. The van der Waals surface area contributed by atoms with Crippen molar-refractivity contribution < 1.29 is 28.3 Å². The number of aryl methyl sites for hydroxylation is 1. The van der Waals surface area contributed by atoms with Crippen molar-refractivity contribution in [2.75, 3.05) is 12.4 Å². The van der Waals surface area contributed by atoms with Gasteiger partial charge in [-0.15, -0.1) is 0 Å². The van der Waals surface area contributed by atoms with Crippen LogP contribution in [-0.2, 0) is 24.6 Å². The van der Waals surface area contributed by atoms with Crippen LogP contribution in [0.1, 0.15) is 37.5 Å². The molecular formula is C26H32F3N5O3. The topological polar surface area (TPSA) is 112 Å². The molecule has 0 spiro atoms. The van der Waals surface area contributed by atoms with Crippen LogP contribution in [0.2, 0.25) is 0 Å². The Kier molecular flexibility index (Phi) is 12.8. The Morgan fingerprint density at radius 1 is 1.16 bits per heavy atom. The second-order valence-electron chi connectivity index (χ2n) is 7.20. The fourth-order valence-electron chi connectivity index (χ4n) is 2.99. The Morgan fingerprint density at radius 2 is 1.86 bits per heavy atom. The number of carbonyl (C=O) groups excluding carboxylic acids is 1. The van der Waals surface area contributed by atoms with Crippen LogP contribution in [0, 0.1) is 0 Å². The van der Waals surface area contributed by atoms with Crippen LogP contribution in [0.15, 0.2) is 59.9 Å². The zero-order valence-electron chi connectivity index (χ0n) is 21.3. The van der Waals surface area contributed by atoms with Gasteiger partial charge in [-0.2, -0.15) is 18.3 Å². The number of anilines is 1. The summed E-state index contributed by atoms with van der Waals surface area (Å²) in [6.07, 6.45) is 3.19. The third kappa shape index (κ3) is 9.90. The zero-order valence-corrected chi connectivity index (χ0v) is 21.3. The molecule has 2 aromatic carbocycles. The summed E-state index contributed by atoms with van der Waals surface area (Å²) >= 11 is 0. The number of nitrogens with one attached hydrogen (secondary N) is 2. The van der Waals surface area contributed by atoms with E-state index in [4.69, 9.17) is 10.3 Å². The summed E-state index contributed by atoms with van der Waals surface area (Å²) in [5, 5.41) is 24.3. The lowest BCUT2D eigenvalue weighted by Gasteiger charge is -2.10. The van der Waals surface area contributed by atoms with E-state index in [2.05, 4.69) is 15.4 Å². The van der Waals surface area contributed by atoms with Crippen LogP contribution in [0.4, 0.5) is 24.5 Å². The van der Waals surface area contributed by atoms with Gasteiger partial charge in [0.15, 0.2) is 0 Å². The minimum absolute atomic E-state index is 0.226. The SMILES string of the molecule is CC.CC=Nc1ccc(NC)cc1/C=C/C(=O)NO.Cn1cc(-c2cc(CO)cc(C(F)(F)F)c2)cn1. The molecule has 0 fully saturated rings. The number of aromatic nitrogens is 2. The number of aliphatic hydroxyl groups excluding tert-OH is 1. The molecule has 0 bridgehead atoms. The largest absolute Gasteiger partial charge is 0.416 e. The number of alkyl halides is 3. The van der Waals surface area contributed by atoms with Crippen molar-refractivity contribution in [2.24, 2.45) is 12.0 Å². The number of rotatable bonds is 6. The van der Waals surface area contributed by atoms with Crippen LogP contribution in [0.3, 0.4) is 0 Å². The third-order valence-electron chi connectivity index (χ3n) is 4.65. The lowest BCUT2D eigenvalue weighted by atomic mass is 10.0. The highest BCUT2D eigenvalue weighted by molar-refractivity contribution is 5.92. The highest BCUT2D eigenvalue weighted by atomic mass is 19.4. The summed E-state index contributed by atoms with van der Waals surface area (Å²) < 4.78 is 39.6. The smallest absolute Gasteiger partial charge is 0.392 e. The summed E-state index contributed by atoms with van der Waals surface area (Å²) in [4.78, 5) is 15.1. The lowest BCUT2D eigenvalue weighted by molar-refractivity contribution is -0.137. The van der Waals surface area contributed by atoms with Crippen LogP contribution >= 0.6 is 0 Å². The van der Waals surface area contributed by atoms with Crippen LogP contribution in [0.5, 0.6) is 0 Å². The van der Waals surface area contributed by atoms with E-state index in [1.807, 2.05) is 46.0 Å². The molecule has 1 heterocycles. The highest BCUT2D eigenvalue weighted by Crippen LogP contribution is 2.33. The molecule has 0 unspecified atom stereocenters. The van der Waals surface area contributed by atoms with Gasteiger partial charge in [0.25, 0.3) is 5.91 Å². The molecule has 0 saturated heterocycles. The molecule has 4 N–H and O–H groups in total. The van der Waals surface area contributed by atoms with Gasteiger partial charge in [-0.1, -0.05) is 13.8 Å². The number of aliphatic imine (C=N–C) groups is 1. The Balaban J connectivity index is 0.000000348. The van der Waals surface area contributed by atoms with Gasteiger partial charge in [-0.25, -0.2) is 5.48 Å². The second-order valence-corrected chi connectivity index (χ2v) is 7.20. The minimum Gasteiger partial charge on any atom is -0.392 e. The standard InChI is InChI=1S/C12H11F3N2O.C12H15N3O2.C2H6/c1-17-6-10(5-16-17)9-2-8(7-18)3-11(4-9)12(13,14)15;1-3-14-11-6-5-10(13-2)8-9(11)4-7-12(16)15-17;1-2/h2-6,18H,7H2,1H3;3-8,13,17H,1-2H3,(H,15,16);1-2H3/b;7-4+,14-3?;. The predicted octanol–water partition coefficient (Wildman–Crippen LogP) is 5.59. The van der Waals surface area contributed by atoms with Gasteiger partial charge in [0.2, 0.25) is 0 Å². The average molecular weight is 520 g/mol. The number of hydrogen-bond donors (Lipinski definition) is 4. The maximum atomic E-state index is 12.7. The number of nitrogens with zero attached hydrogens (tertiary/aromatic N) is 3. The molecule has 0 aliphatic heterocycles. The maximum Gasteiger partial charge on any atom is 0.416 e. The van der Waals surface area contributed by atoms with E-state index in [0.717, 1.165) is 29.1 Å². The zero-order chi connectivity index (χ0) is 28.0. The molecule has 0 atom stereocenters. The molecule has 11 heteroatoms. The number of carbonyl (C=O) groups is 1. The van der Waals surface area contributed by atoms with Gasteiger partial charge >= 0.3 is 6.18 Å². The van der Waals surface area contributed by atoms with Crippen molar-refractivity contribution in [1.82, 2.24) is 15.3 Å². The van der Waals surface area contributed by atoms with E-state index in [9.17, 15) is 18.0 Å². The van der Waals surface area contributed by atoms with Crippen molar-refractivity contribution >= 4 is 29.6 Å². The monoisotopic (exact) mass is 519 g/mol. The van der Waals surface area contributed by atoms with E-state index in [1.54, 1.807) is 25.5 Å². The van der Waals surface area contributed by atoms with Gasteiger partial charge in [0.05, 0.1) is 24.1 Å². The van der Waals surface area contributed by atoms with Crippen molar-refractivity contribution in [3.63, 3.8) is 0 Å². The van der Waals surface area contributed by atoms with Gasteiger partial charge in [0.1, 0.15) is 0 Å². The lowest BCUT2D eigenvalue weighted by Crippen LogP contribution is -2.14. The quantitative estimate of drug-likeness (QED) is 0.147. The van der Waals surface area contributed by atoms with Crippen molar-refractivity contribution in [3.8, 4) is 11.1 Å². The van der Waals surface area contributed by atoms with Gasteiger partial charge in [0, 0.05) is 49.4 Å². The summed E-state index contributed by atoms with van der Waals surface area (Å²) in [6, 6.07) is 9.12. The van der Waals surface area contributed by atoms with Gasteiger partial charge < -0.3 is 10.4 Å². The average Bonchev–Trinajstić information content (AvgIpc) is 3.35. The molecule has 0 aliphatic rings. The van der Waals surface area contributed by atoms with Crippen molar-refractivity contribution in [1.29, 1.82) is 0 Å². The van der Waals surface area contributed by atoms with E-state index in [0.29, 0.717) is 11.1 Å². The van der Waals surface area contributed by atoms with E-state index in [-0.39, 0.29) is 5.56 Å². The maximum absolute atomic E-state index is 12.7. The molecule has 8 nitrogen and oxygen atoms in total. The summed E-state index contributed by atoms with van der Waals surface area (Å²) in [5.74, 6) is -0.578. The number of benzene rings is 2. The van der Waals surface area contributed by atoms with Crippen LogP contribution < -0.4 is 10.8 Å². The number of hydroxylamine groups is 1. The molecule has 1 amide bonds. The molecule has 0 radical (unpaired) electrons. The molecule has 3 rings (SSSR count). The minimum atomic E-state index is -4.43. The van der Waals surface area contributed by atoms with Gasteiger partial charge in [-0.3, -0.25) is 19.7 Å². The molecule has 0 saturated carbocycles. The first-order valence-electron chi connectivity index (χ1n) is 11.3. The fourth-order valence-corrected chi connectivity index (χ4v) is 2.99.